The molecule has 0 spiro atoms. The molecule has 1 N–H and O–H groups in total. The molecule has 1 fully saturated rings. The first kappa shape index (κ1) is 9.69. The minimum absolute atomic E-state index is 0.435. The Labute approximate surface area is 85.2 Å². The zero-order chi connectivity index (χ0) is 9.80. The van der Waals surface area contributed by atoms with Crippen molar-refractivity contribution in [3.63, 3.8) is 0 Å². The standard InChI is InChI=1S/C12H16NO/c14-12(11-7-3-1-4-8-11)13-9-5-2-6-10-13/h1,3-4,7-8,14H,2,5-6,9-10H2. The molecule has 1 radical (unpaired) electrons. The summed E-state index contributed by atoms with van der Waals surface area (Å²) in [6.45, 7) is 1.97. The van der Waals surface area contributed by atoms with Crippen molar-refractivity contribution in [1.29, 1.82) is 0 Å². The molecular weight excluding hydrogens is 174 g/mol. The van der Waals surface area contributed by atoms with E-state index in [9.17, 15) is 5.11 Å². The number of likely N-dealkylation sites (tertiary alicyclic amines) is 1. The van der Waals surface area contributed by atoms with Gasteiger partial charge in [0.05, 0.1) is 0 Å². The lowest BCUT2D eigenvalue weighted by Crippen LogP contribution is -2.34. The molecule has 0 aliphatic carbocycles. The van der Waals surface area contributed by atoms with E-state index in [1.54, 1.807) is 0 Å². The molecule has 1 aromatic carbocycles. The molecule has 1 heterocycles. The predicted molar refractivity (Wildman–Crippen MR) is 56.1 cm³/mol. The van der Waals surface area contributed by atoms with Gasteiger partial charge in [-0.2, -0.15) is 0 Å². The van der Waals surface area contributed by atoms with E-state index in [0.29, 0.717) is 6.23 Å². The fraction of sp³-hybridized carbons (Fsp3) is 0.417. The van der Waals surface area contributed by atoms with Gasteiger partial charge in [-0.05, 0) is 12.8 Å². The van der Waals surface area contributed by atoms with E-state index in [4.69, 9.17) is 0 Å². The second-order valence-corrected chi connectivity index (χ2v) is 3.74. The number of aliphatic hydroxyl groups excluding tert-OH is 1. The van der Waals surface area contributed by atoms with Crippen LogP contribution in [0.25, 0.3) is 0 Å². The van der Waals surface area contributed by atoms with Crippen LogP contribution in [-0.4, -0.2) is 23.1 Å². The molecule has 1 saturated heterocycles. The van der Waals surface area contributed by atoms with Gasteiger partial charge in [0.25, 0.3) is 0 Å². The Kier molecular flexibility index (Phi) is 3.17. The van der Waals surface area contributed by atoms with E-state index >= 15 is 0 Å². The van der Waals surface area contributed by atoms with Gasteiger partial charge >= 0.3 is 0 Å². The highest BCUT2D eigenvalue weighted by molar-refractivity contribution is 5.25. The zero-order valence-electron chi connectivity index (χ0n) is 8.32. The van der Waals surface area contributed by atoms with Crippen LogP contribution >= 0.6 is 0 Å². The fourth-order valence-corrected chi connectivity index (χ4v) is 1.88. The normalized spacial score (nSPS) is 18.7. The summed E-state index contributed by atoms with van der Waals surface area (Å²) in [4.78, 5) is 2.07. The van der Waals surface area contributed by atoms with Crippen LogP contribution in [0.4, 0.5) is 0 Å². The molecule has 0 unspecified atom stereocenters. The molecule has 14 heavy (non-hydrogen) atoms. The molecule has 1 aliphatic heterocycles. The summed E-state index contributed by atoms with van der Waals surface area (Å²) in [6.07, 6.45) is 4.11. The van der Waals surface area contributed by atoms with Gasteiger partial charge in [0.2, 0.25) is 0 Å². The highest BCUT2D eigenvalue weighted by Gasteiger charge is 2.20. The Bertz CT molecular complexity index is 267. The SMILES string of the molecule is O[C](c1ccccc1)N1CCCCC1. The first-order valence-corrected chi connectivity index (χ1v) is 5.24. The van der Waals surface area contributed by atoms with E-state index in [1.165, 1.54) is 19.3 Å². The van der Waals surface area contributed by atoms with E-state index in [2.05, 4.69) is 4.90 Å². The Morgan fingerprint density at radius 1 is 1.00 bits per heavy atom. The van der Waals surface area contributed by atoms with Gasteiger partial charge in [0.1, 0.15) is 0 Å². The van der Waals surface area contributed by atoms with Gasteiger partial charge in [-0.3, -0.25) is 4.90 Å². The average molecular weight is 190 g/mol. The van der Waals surface area contributed by atoms with Crippen molar-refractivity contribution in [2.45, 2.75) is 19.3 Å². The predicted octanol–water partition coefficient (Wildman–Crippen LogP) is 2.38. The summed E-state index contributed by atoms with van der Waals surface area (Å²) in [7, 11) is 0. The van der Waals surface area contributed by atoms with Gasteiger partial charge in [0, 0.05) is 18.7 Å². The zero-order valence-corrected chi connectivity index (χ0v) is 8.32. The summed E-state index contributed by atoms with van der Waals surface area (Å²) in [5.41, 5.74) is 0.925. The maximum Gasteiger partial charge on any atom is 0.192 e. The van der Waals surface area contributed by atoms with Crippen molar-refractivity contribution in [3.05, 3.63) is 42.1 Å². The highest BCUT2D eigenvalue weighted by atomic mass is 16.3. The number of hydrogen-bond donors (Lipinski definition) is 1. The van der Waals surface area contributed by atoms with Crippen LogP contribution in [0.1, 0.15) is 24.8 Å². The van der Waals surface area contributed by atoms with Crippen LogP contribution in [0.5, 0.6) is 0 Å². The molecule has 0 atom stereocenters. The van der Waals surface area contributed by atoms with Gasteiger partial charge in [-0.1, -0.05) is 36.8 Å². The summed E-state index contributed by atoms with van der Waals surface area (Å²) in [5.74, 6) is 0. The summed E-state index contributed by atoms with van der Waals surface area (Å²) in [5, 5.41) is 9.99. The van der Waals surface area contributed by atoms with Gasteiger partial charge in [-0.15, -0.1) is 0 Å². The monoisotopic (exact) mass is 190 g/mol. The second kappa shape index (κ2) is 4.58. The van der Waals surface area contributed by atoms with Crippen LogP contribution in [0.3, 0.4) is 0 Å². The molecule has 2 nitrogen and oxygen atoms in total. The Morgan fingerprint density at radius 3 is 2.29 bits per heavy atom. The van der Waals surface area contributed by atoms with E-state index < -0.39 is 0 Å². The molecular formula is C12H16NO. The maximum absolute atomic E-state index is 9.99. The third-order valence-electron chi connectivity index (χ3n) is 2.69. The lowest BCUT2D eigenvalue weighted by molar-refractivity contribution is 0.115. The van der Waals surface area contributed by atoms with E-state index in [0.717, 1.165) is 18.7 Å². The number of piperidine rings is 1. The number of aliphatic hydroxyl groups is 1. The maximum atomic E-state index is 9.99. The Balaban J connectivity index is 2.03. The summed E-state index contributed by atoms with van der Waals surface area (Å²) < 4.78 is 0. The second-order valence-electron chi connectivity index (χ2n) is 3.74. The lowest BCUT2D eigenvalue weighted by atomic mass is 10.1. The van der Waals surface area contributed by atoms with Crippen LogP contribution in [-0.2, 0) is 0 Å². The van der Waals surface area contributed by atoms with Gasteiger partial charge in [-0.25, -0.2) is 0 Å². The van der Waals surface area contributed by atoms with Crippen LogP contribution < -0.4 is 0 Å². The third-order valence-corrected chi connectivity index (χ3v) is 2.69. The fourth-order valence-electron chi connectivity index (χ4n) is 1.88. The first-order chi connectivity index (χ1) is 6.88. The first-order valence-electron chi connectivity index (χ1n) is 5.24. The van der Waals surface area contributed by atoms with Crippen molar-refractivity contribution >= 4 is 0 Å². The molecule has 1 aliphatic rings. The van der Waals surface area contributed by atoms with Crippen molar-refractivity contribution in [1.82, 2.24) is 4.90 Å². The van der Waals surface area contributed by atoms with Gasteiger partial charge in [0.15, 0.2) is 6.23 Å². The van der Waals surface area contributed by atoms with Gasteiger partial charge < -0.3 is 5.11 Å². The largest absolute Gasteiger partial charge is 0.367 e. The van der Waals surface area contributed by atoms with Crippen LogP contribution in [0, 0.1) is 6.23 Å². The highest BCUT2D eigenvalue weighted by Crippen LogP contribution is 2.20. The number of rotatable bonds is 2. The molecule has 0 saturated carbocycles. The van der Waals surface area contributed by atoms with E-state index in [1.807, 2.05) is 30.3 Å². The van der Waals surface area contributed by atoms with Crippen LogP contribution in [0.15, 0.2) is 30.3 Å². The summed E-state index contributed by atoms with van der Waals surface area (Å²) in [6, 6.07) is 9.77. The molecule has 2 heteroatoms. The quantitative estimate of drug-likeness (QED) is 0.774. The van der Waals surface area contributed by atoms with Crippen molar-refractivity contribution in [2.24, 2.45) is 0 Å². The number of hydrogen-bond acceptors (Lipinski definition) is 2. The molecule has 0 aromatic heterocycles. The Morgan fingerprint density at radius 2 is 1.64 bits per heavy atom. The van der Waals surface area contributed by atoms with Crippen molar-refractivity contribution in [3.8, 4) is 0 Å². The topological polar surface area (TPSA) is 23.5 Å². The third kappa shape index (κ3) is 2.14. The minimum Gasteiger partial charge on any atom is -0.367 e. The molecule has 1 aromatic rings. The lowest BCUT2D eigenvalue weighted by Gasteiger charge is -2.29. The Hall–Kier alpha value is -0.860. The van der Waals surface area contributed by atoms with Crippen LogP contribution in [0.2, 0.25) is 0 Å². The average Bonchev–Trinajstić information content (AvgIpc) is 2.30. The molecule has 0 amide bonds. The molecule has 0 bridgehead atoms. The molecule has 75 valence electrons. The van der Waals surface area contributed by atoms with Crippen molar-refractivity contribution < 1.29 is 5.11 Å². The van der Waals surface area contributed by atoms with Crippen molar-refractivity contribution in [2.75, 3.05) is 13.1 Å². The smallest absolute Gasteiger partial charge is 0.192 e. The number of benzene rings is 1. The molecule has 2 rings (SSSR count). The van der Waals surface area contributed by atoms with E-state index in [-0.39, 0.29) is 0 Å². The number of nitrogens with zero attached hydrogens (tertiary/aromatic N) is 1. The summed E-state index contributed by atoms with van der Waals surface area (Å²) >= 11 is 0. The minimum atomic E-state index is 0.435.